The topological polar surface area (TPSA) is 61.0 Å². The summed E-state index contributed by atoms with van der Waals surface area (Å²) in [6, 6.07) is 9.35. The van der Waals surface area contributed by atoms with Gasteiger partial charge in [-0.3, -0.25) is 0 Å². The zero-order valence-electron chi connectivity index (χ0n) is 9.35. The van der Waals surface area contributed by atoms with Crippen molar-refractivity contribution in [2.24, 2.45) is 5.73 Å². The number of aryl methyl sites for hydroxylation is 1. The van der Waals surface area contributed by atoms with Gasteiger partial charge in [-0.25, -0.2) is 0 Å². The van der Waals surface area contributed by atoms with Gasteiger partial charge in [0.15, 0.2) is 0 Å². The van der Waals surface area contributed by atoms with Gasteiger partial charge < -0.3 is 10.5 Å². The molecule has 0 aliphatic carbocycles. The summed E-state index contributed by atoms with van der Waals surface area (Å²) < 4.78 is 6.65. The van der Waals surface area contributed by atoms with Crippen molar-refractivity contribution in [3.63, 3.8) is 0 Å². The molecule has 2 rings (SSSR count). The minimum absolute atomic E-state index is 0.380. The summed E-state index contributed by atoms with van der Waals surface area (Å²) in [5, 5.41) is 7.88. The highest BCUT2D eigenvalue weighted by atomic mass is 79.9. The SMILES string of the molecule is Cc1cc(Br)ccc1Oc1ccc(CN)nn1. The zero-order chi connectivity index (χ0) is 12.3. The molecular weight excluding hydrogens is 282 g/mol. The summed E-state index contributed by atoms with van der Waals surface area (Å²) in [6.07, 6.45) is 0. The summed E-state index contributed by atoms with van der Waals surface area (Å²) in [7, 11) is 0. The number of halogens is 1. The molecule has 0 saturated carbocycles. The average molecular weight is 294 g/mol. The molecule has 0 bridgehead atoms. The van der Waals surface area contributed by atoms with Gasteiger partial charge in [-0.2, -0.15) is 5.10 Å². The highest BCUT2D eigenvalue weighted by molar-refractivity contribution is 9.10. The van der Waals surface area contributed by atoms with E-state index in [1.807, 2.05) is 25.1 Å². The predicted octanol–water partition coefficient (Wildman–Crippen LogP) is 2.80. The van der Waals surface area contributed by atoms with Crippen molar-refractivity contribution in [3.05, 3.63) is 46.1 Å². The lowest BCUT2D eigenvalue weighted by Gasteiger charge is -2.07. The molecule has 0 saturated heterocycles. The van der Waals surface area contributed by atoms with Gasteiger partial charge in [0.2, 0.25) is 5.88 Å². The van der Waals surface area contributed by atoms with Gasteiger partial charge in [-0.15, -0.1) is 5.10 Å². The van der Waals surface area contributed by atoms with Crippen molar-refractivity contribution in [1.82, 2.24) is 10.2 Å². The lowest BCUT2D eigenvalue weighted by molar-refractivity contribution is 0.450. The Morgan fingerprint density at radius 2 is 2.06 bits per heavy atom. The molecule has 2 N–H and O–H groups in total. The van der Waals surface area contributed by atoms with Crippen LogP contribution in [0.15, 0.2) is 34.8 Å². The van der Waals surface area contributed by atoms with Crippen molar-refractivity contribution in [2.45, 2.75) is 13.5 Å². The van der Waals surface area contributed by atoms with Crippen LogP contribution in [0.4, 0.5) is 0 Å². The van der Waals surface area contributed by atoms with Gasteiger partial charge >= 0.3 is 0 Å². The van der Waals surface area contributed by atoms with Gasteiger partial charge in [-0.1, -0.05) is 15.9 Å². The number of nitrogens with zero attached hydrogens (tertiary/aromatic N) is 2. The zero-order valence-corrected chi connectivity index (χ0v) is 10.9. The van der Waals surface area contributed by atoms with Crippen LogP contribution in [-0.4, -0.2) is 10.2 Å². The van der Waals surface area contributed by atoms with E-state index in [-0.39, 0.29) is 0 Å². The van der Waals surface area contributed by atoms with Crippen LogP contribution in [0, 0.1) is 6.92 Å². The Morgan fingerprint density at radius 3 is 2.65 bits per heavy atom. The Hall–Kier alpha value is -1.46. The van der Waals surface area contributed by atoms with E-state index in [4.69, 9.17) is 10.5 Å². The highest BCUT2D eigenvalue weighted by Crippen LogP contribution is 2.25. The second kappa shape index (κ2) is 5.25. The Kier molecular flexibility index (Phi) is 3.71. The standard InChI is InChI=1S/C12H12BrN3O/c1-8-6-9(13)2-4-11(8)17-12-5-3-10(7-14)15-16-12/h2-6H,7,14H2,1H3. The Bertz CT molecular complexity index is 514. The van der Waals surface area contributed by atoms with Crippen LogP contribution in [0.1, 0.15) is 11.3 Å². The van der Waals surface area contributed by atoms with Crippen molar-refractivity contribution in [1.29, 1.82) is 0 Å². The molecule has 5 heteroatoms. The summed E-state index contributed by atoms with van der Waals surface area (Å²) in [4.78, 5) is 0. The second-order valence-corrected chi connectivity index (χ2v) is 4.49. The maximum Gasteiger partial charge on any atom is 0.238 e. The van der Waals surface area contributed by atoms with E-state index in [0.29, 0.717) is 12.4 Å². The molecular formula is C12H12BrN3O. The summed E-state index contributed by atoms with van der Waals surface area (Å²) >= 11 is 3.40. The molecule has 1 aromatic heterocycles. The fourth-order valence-electron chi connectivity index (χ4n) is 1.35. The Morgan fingerprint density at radius 1 is 1.24 bits per heavy atom. The van der Waals surface area contributed by atoms with Crippen LogP contribution in [0.2, 0.25) is 0 Å². The van der Waals surface area contributed by atoms with Crippen LogP contribution in [0.25, 0.3) is 0 Å². The lowest BCUT2D eigenvalue weighted by Crippen LogP contribution is -2.01. The first-order valence-corrected chi connectivity index (χ1v) is 5.95. The van der Waals surface area contributed by atoms with E-state index in [2.05, 4.69) is 26.1 Å². The van der Waals surface area contributed by atoms with Gasteiger partial charge in [-0.05, 0) is 36.8 Å². The fourth-order valence-corrected chi connectivity index (χ4v) is 1.83. The van der Waals surface area contributed by atoms with Gasteiger partial charge in [0.1, 0.15) is 5.75 Å². The monoisotopic (exact) mass is 293 g/mol. The molecule has 1 heterocycles. The molecule has 0 atom stereocenters. The van der Waals surface area contributed by atoms with Gasteiger partial charge in [0.25, 0.3) is 0 Å². The minimum Gasteiger partial charge on any atom is -0.437 e. The third-order valence-corrected chi connectivity index (χ3v) is 2.75. The summed E-state index contributed by atoms with van der Waals surface area (Å²) in [5.41, 5.74) is 7.22. The average Bonchev–Trinajstić information content (AvgIpc) is 2.34. The first-order valence-electron chi connectivity index (χ1n) is 5.15. The lowest BCUT2D eigenvalue weighted by atomic mass is 10.2. The van der Waals surface area contributed by atoms with E-state index in [1.54, 1.807) is 12.1 Å². The van der Waals surface area contributed by atoms with Crippen LogP contribution in [-0.2, 0) is 6.54 Å². The number of hydrogen-bond donors (Lipinski definition) is 1. The molecule has 88 valence electrons. The van der Waals surface area contributed by atoms with Crippen LogP contribution in [0.3, 0.4) is 0 Å². The number of ether oxygens (including phenoxy) is 1. The van der Waals surface area contributed by atoms with E-state index >= 15 is 0 Å². The van der Waals surface area contributed by atoms with Crippen molar-refractivity contribution in [3.8, 4) is 11.6 Å². The maximum atomic E-state index is 5.63. The smallest absolute Gasteiger partial charge is 0.238 e. The molecule has 1 aromatic carbocycles. The molecule has 0 spiro atoms. The molecule has 0 aliphatic heterocycles. The molecule has 0 radical (unpaired) electrons. The first kappa shape index (κ1) is 12.0. The number of aromatic nitrogens is 2. The largest absolute Gasteiger partial charge is 0.437 e. The summed E-state index contributed by atoms with van der Waals surface area (Å²) in [5.74, 6) is 1.23. The van der Waals surface area contributed by atoms with Crippen molar-refractivity contribution in [2.75, 3.05) is 0 Å². The quantitative estimate of drug-likeness (QED) is 0.945. The van der Waals surface area contributed by atoms with Gasteiger partial charge in [0, 0.05) is 17.1 Å². The molecule has 2 aromatic rings. The molecule has 0 fully saturated rings. The third kappa shape index (κ3) is 3.01. The summed E-state index contributed by atoms with van der Waals surface area (Å²) in [6.45, 7) is 2.35. The molecule has 0 aliphatic rings. The van der Waals surface area contributed by atoms with E-state index in [0.717, 1.165) is 21.5 Å². The number of nitrogens with two attached hydrogens (primary N) is 1. The van der Waals surface area contributed by atoms with Crippen molar-refractivity contribution < 1.29 is 4.74 Å². The molecule has 0 unspecified atom stereocenters. The maximum absolute atomic E-state index is 5.63. The predicted molar refractivity (Wildman–Crippen MR) is 68.9 cm³/mol. The molecule has 0 amide bonds. The minimum atomic E-state index is 0.380. The molecule has 17 heavy (non-hydrogen) atoms. The Balaban J connectivity index is 2.19. The second-order valence-electron chi connectivity index (χ2n) is 3.58. The number of benzene rings is 1. The number of rotatable bonds is 3. The normalized spacial score (nSPS) is 10.3. The van der Waals surface area contributed by atoms with E-state index in [9.17, 15) is 0 Å². The van der Waals surface area contributed by atoms with Crippen LogP contribution >= 0.6 is 15.9 Å². The van der Waals surface area contributed by atoms with Crippen LogP contribution in [0.5, 0.6) is 11.6 Å². The van der Waals surface area contributed by atoms with Gasteiger partial charge in [0.05, 0.1) is 5.69 Å². The van der Waals surface area contributed by atoms with E-state index < -0.39 is 0 Å². The highest BCUT2D eigenvalue weighted by Gasteiger charge is 2.03. The van der Waals surface area contributed by atoms with E-state index in [1.165, 1.54) is 0 Å². The fraction of sp³-hybridized carbons (Fsp3) is 0.167. The third-order valence-electron chi connectivity index (χ3n) is 2.26. The van der Waals surface area contributed by atoms with Crippen LogP contribution < -0.4 is 10.5 Å². The molecule has 4 nitrogen and oxygen atoms in total. The Labute approximate surface area is 108 Å². The van der Waals surface area contributed by atoms with Crippen molar-refractivity contribution >= 4 is 15.9 Å². The number of hydrogen-bond acceptors (Lipinski definition) is 4. The first-order chi connectivity index (χ1) is 8.19.